The van der Waals surface area contributed by atoms with Gasteiger partial charge in [-0.1, -0.05) is 54.5 Å². The number of fused-ring (bicyclic) bond motifs is 1. The molecule has 1 heterocycles. The Hall–Kier alpha value is -3.44. The number of sulfonamides is 1. The summed E-state index contributed by atoms with van der Waals surface area (Å²) in [6.07, 6.45) is 6.64. The van der Waals surface area contributed by atoms with E-state index < -0.39 is 74.7 Å². The van der Waals surface area contributed by atoms with Gasteiger partial charge in [0.05, 0.1) is 5.75 Å². The highest BCUT2D eigenvalue weighted by Gasteiger charge is 2.70. The van der Waals surface area contributed by atoms with Crippen LogP contribution in [0.25, 0.3) is 0 Å². The molecule has 2 rings (SSSR count). The summed E-state index contributed by atoms with van der Waals surface area (Å²) in [6.45, 7) is 22.1. The second-order valence-corrected chi connectivity index (χ2v) is 18.0. The number of urea groups is 1. The monoisotopic (exact) mass is 692 g/mol. The molecule has 6 atom stereocenters. The lowest BCUT2D eigenvalue weighted by Crippen LogP contribution is -2.62. The number of rotatable bonds is 14. The van der Waals surface area contributed by atoms with Crippen LogP contribution < -0.4 is 21.3 Å². The smallest absolute Gasteiger partial charge is 0.315 e. The van der Waals surface area contributed by atoms with Crippen molar-refractivity contribution in [2.24, 2.45) is 28.6 Å². The van der Waals surface area contributed by atoms with E-state index in [1.54, 1.807) is 55.4 Å². The molecular weight excluding hydrogens is 636 g/mol. The van der Waals surface area contributed by atoms with Gasteiger partial charge in [-0.3, -0.25) is 19.2 Å². The van der Waals surface area contributed by atoms with E-state index in [1.807, 2.05) is 13.8 Å². The lowest BCUT2D eigenvalue weighted by Gasteiger charge is -2.38. The standard InChI is InChI=1S/C34H56N6O7S/c1-14-16-22(26(41)29(43)35-17-15-2)36-28(42)25-24-21(34(24,11)12)18-40(25)30(44)27(32(5,6)7)38-31(45)37-23(20(3)4)19-48(46,47)39(13)33(8,9)10/h1,15,20-25,27H,2,16-19H2,3-13H3,(H,35,43)(H,36,42)(H2,37,38,45)/t21-,22?,23+,24-,25-,27+/m0/s1. The number of carbonyl (C=O) groups excluding carboxylic acids is 5. The van der Waals surface area contributed by atoms with Crippen LogP contribution >= 0.6 is 0 Å². The van der Waals surface area contributed by atoms with Gasteiger partial charge in [0.2, 0.25) is 27.6 Å². The molecule has 1 unspecified atom stereocenters. The van der Waals surface area contributed by atoms with E-state index in [9.17, 15) is 32.4 Å². The number of nitrogens with zero attached hydrogens (tertiary/aromatic N) is 2. The number of Topliss-reactive ketones (excluding diaryl/α,β-unsaturated/α-hetero) is 1. The number of piperidine rings is 1. The lowest BCUT2D eigenvalue weighted by atomic mass is 9.85. The fourth-order valence-corrected chi connectivity index (χ4v) is 8.10. The van der Waals surface area contributed by atoms with E-state index in [0.717, 1.165) is 0 Å². The molecule has 0 aromatic rings. The summed E-state index contributed by atoms with van der Waals surface area (Å²) < 4.78 is 27.6. The molecule has 48 heavy (non-hydrogen) atoms. The molecule has 1 saturated heterocycles. The Morgan fingerprint density at radius 1 is 1.06 bits per heavy atom. The zero-order valence-corrected chi connectivity index (χ0v) is 31.2. The van der Waals surface area contributed by atoms with E-state index in [4.69, 9.17) is 6.42 Å². The molecule has 4 N–H and O–H groups in total. The topological polar surface area (TPSA) is 174 Å². The van der Waals surface area contributed by atoms with E-state index >= 15 is 0 Å². The number of nitrogens with one attached hydrogen (secondary N) is 4. The summed E-state index contributed by atoms with van der Waals surface area (Å²) in [5, 5.41) is 10.5. The van der Waals surface area contributed by atoms with Gasteiger partial charge in [-0.05, 0) is 49.4 Å². The maximum atomic E-state index is 14.3. The van der Waals surface area contributed by atoms with E-state index in [1.165, 1.54) is 22.3 Å². The van der Waals surface area contributed by atoms with Gasteiger partial charge < -0.3 is 26.2 Å². The minimum atomic E-state index is -3.75. The van der Waals surface area contributed by atoms with Crippen molar-refractivity contribution in [3.63, 3.8) is 0 Å². The number of ketones is 1. The third-order valence-electron chi connectivity index (χ3n) is 9.61. The van der Waals surface area contributed by atoms with Gasteiger partial charge in [0.1, 0.15) is 18.1 Å². The molecule has 14 heteroatoms. The third kappa shape index (κ3) is 9.37. The first-order chi connectivity index (χ1) is 21.8. The largest absolute Gasteiger partial charge is 0.346 e. The minimum absolute atomic E-state index is 0.000320. The van der Waals surface area contributed by atoms with Crippen molar-refractivity contribution in [1.82, 2.24) is 30.5 Å². The van der Waals surface area contributed by atoms with Gasteiger partial charge in [-0.15, -0.1) is 18.9 Å². The highest BCUT2D eigenvalue weighted by Crippen LogP contribution is 2.65. The van der Waals surface area contributed by atoms with Crippen molar-refractivity contribution in [2.75, 3.05) is 25.9 Å². The fourth-order valence-electron chi connectivity index (χ4n) is 6.12. The van der Waals surface area contributed by atoms with Crippen molar-refractivity contribution >= 4 is 39.6 Å². The Balaban J connectivity index is 2.33. The summed E-state index contributed by atoms with van der Waals surface area (Å²) >= 11 is 0. The van der Waals surface area contributed by atoms with Crippen LogP contribution in [-0.4, -0.2) is 103 Å². The average Bonchev–Trinajstić information content (AvgIpc) is 3.27. The number of hydrogen-bond acceptors (Lipinski definition) is 7. The molecule has 0 spiro atoms. The van der Waals surface area contributed by atoms with Crippen LogP contribution in [0, 0.1) is 40.9 Å². The van der Waals surface area contributed by atoms with Gasteiger partial charge in [0.15, 0.2) is 0 Å². The summed E-state index contributed by atoms with van der Waals surface area (Å²) in [4.78, 5) is 68.2. The molecule has 1 saturated carbocycles. The van der Waals surface area contributed by atoms with Crippen molar-refractivity contribution in [3.05, 3.63) is 12.7 Å². The van der Waals surface area contributed by atoms with Crippen molar-refractivity contribution in [2.45, 2.75) is 105 Å². The first-order valence-corrected chi connectivity index (χ1v) is 17.9. The molecule has 1 aliphatic carbocycles. The number of amides is 5. The van der Waals surface area contributed by atoms with Crippen LogP contribution in [0.15, 0.2) is 12.7 Å². The molecule has 1 aliphatic heterocycles. The Morgan fingerprint density at radius 3 is 2.12 bits per heavy atom. The molecule has 13 nitrogen and oxygen atoms in total. The maximum absolute atomic E-state index is 14.3. The fraction of sp³-hybridized carbons (Fsp3) is 0.735. The van der Waals surface area contributed by atoms with Crippen LogP contribution in [0.1, 0.15) is 75.7 Å². The Morgan fingerprint density at radius 2 is 1.65 bits per heavy atom. The molecule has 0 aromatic heterocycles. The molecule has 0 radical (unpaired) electrons. The van der Waals surface area contributed by atoms with Crippen LogP contribution in [0.3, 0.4) is 0 Å². The van der Waals surface area contributed by atoms with Gasteiger partial charge in [-0.2, -0.15) is 4.31 Å². The first-order valence-electron chi connectivity index (χ1n) is 16.3. The van der Waals surface area contributed by atoms with Gasteiger partial charge in [-0.25, -0.2) is 13.2 Å². The summed E-state index contributed by atoms with van der Waals surface area (Å²) in [5.41, 5.74) is -1.73. The normalized spacial score (nSPS) is 22.1. The van der Waals surface area contributed by atoms with Gasteiger partial charge in [0.25, 0.3) is 5.91 Å². The van der Waals surface area contributed by atoms with Gasteiger partial charge >= 0.3 is 6.03 Å². The Bertz CT molecular complexity index is 1420. The maximum Gasteiger partial charge on any atom is 0.315 e. The van der Waals surface area contributed by atoms with Crippen molar-refractivity contribution in [1.29, 1.82) is 0 Å². The molecular formula is C34H56N6O7S. The van der Waals surface area contributed by atoms with Crippen LogP contribution in [0.4, 0.5) is 4.79 Å². The quantitative estimate of drug-likeness (QED) is 0.122. The van der Waals surface area contributed by atoms with Crippen LogP contribution in [0.5, 0.6) is 0 Å². The molecule has 2 aliphatic rings. The highest BCUT2D eigenvalue weighted by atomic mass is 32.2. The minimum Gasteiger partial charge on any atom is -0.346 e. The SMILES string of the molecule is C#CCC(NC(=O)[C@@H]1[C@@H]2[C@H](CN1C(=O)[C@@H](NC(=O)N[C@H](CS(=O)(=O)N(C)C(C)(C)C)C(C)C)C(C)(C)C)C2(C)C)C(=O)C(=O)NCC=C. The van der Waals surface area contributed by atoms with Crippen molar-refractivity contribution < 1.29 is 32.4 Å². The van der Waals surface area contributed by atoms with Crippen LogP contribution in [0.2, 0.25) is 0 Å². The van der Waals surface area contributed by atoms with E-state index in [-0.39, 0.29) is 48.4 Å². The van der Waals surface area contributed by atoms with Crippen molar-refractivity contribution in [3.8, 4) is 12.3 Å². The zero-order valence-electron chi connectivity index (χ0n) is 30.4. The predicted molar refractivity (Wildman–Crippen MR) is 185 cm³/mol. The summed E-state index contributed by atoms with van der Waals surface area (Å²) in [6, 6.07) is -4.84. The molecule has 270 valence electrons. The summed E-state index contributed by atoms with van der Waals surface area (Å²) in [5.74, 6) is -1.42. The molecule has 5 amide bonds. The third-order valence-corrected chi connectivity index (χ3v) is 11.8. The number of likely N-dealkylation sites (tertiary alicyclic amines) is 1. The highest BCUT2D eigenvalue weighted by molar-refractivity contribution is 7.89. The molecule has 0 bridgehead atoms. The first kappa shape index (κ1) is 40.7. The number of terminal acetylenes is 1. The lowest BCUT2D eigenvalue weighted by molar-refractivity contribution is -0.145. The second-order valence-electron chi connectivity index (χ2n) is 15.9. The molecule has 2 fully saturated rings. The Labute approximate surface area is 286 Å². The summed E-state index contributed by atoms with van der Waals surface area (Å²) in [7, 11) is -2.25. The average molecular weight is 693 g/mol. The van der Waals surface area contributed by atoms with Crippen LogP contribution in [-0.2, 0) is 29.2 Å². The number of hydrogen-bond donors (Lipinski definition) is 4. The van der Waals surface area contributed by atoms with E-state index in [0.29, 0.717) is 0 Å². The second kappa shape index (κ2) is 15.0. The Kier molecular flexibility index (Phi) is 12.7. The molecule has 0 aromatic carbocycles. The zero-order chi connectivity index (χ0) is 37.2. The van der Waals surface area contributed by atoms with E-state index in [2.05, 4.69) is 33.8 Å². The predicted octanol–water partition coefficient (Wildman–Crippen LogP) is 1.65. The number of carbonyl (C=O) groups is 5. The van der Waals surface area contributed by atoms with Gasteiger partial charge in [0, 0.05) is 38.1 Å².